The summed E-state index contributed by atoms with van der Waals surface area (Å²) >= 11 is 0. The lowest BCUT2D eigenvalue weighted by atomic mass is 10.1. The van der Waals surface area contributed by atoms with Gasteiger partial charge in [0.15, 0.2) is 0 Å². The van der Waals surface area contributed by atoms with Crippen LogP contribution in [0.4, 0.5) is 0 Å². The van der Waals surface area contributed by atoms with Gasteiger partial charge in [0.25, 0.3) is 0 Å². The van der Waals surface area contributed by atoms with E-state index in [0.29, 0.717) is 0 Å². The SMILES string of the molecule is C=CCCCC=C.C=CCCCCC=C.C=CCCCCCC=C. The fourth-order valence-corrected chi connectivity index (χ4v) is 1.74. The number of hydrogen-bond acceptors (Lipinski definition) is 0. The third kappa shape index (κ3) is 42.8. The van der Waals surface area contributed by atoms with E-state index in [-0.39, 0.29) is 0 Å². The van der Waals surface area contributed by atoms with E-state index in [1.54, 1.807) is 0 Å². The summed E-state index contributed by atoms with van der Waals surface area (Å²) in [5.41, 5.74) is 0. The molecular formula is C24H42. The van der Waals surface area contributed by atoms with Crippen LogP contribution in [0.15, 0.2) is 75.9 Å². The molecule has 0 radical (unpaired) electrons. The van der Waals surface area contributed by atoms with Gasteiger partial charge in [-0.25, -0.2) is 0 Å². The molecule has 0 nitrogen and oxygen atoms in total. The quantitative estimate of drug-likeness (QED) is 0.208. The average molecular weight is 331 g/mol. The molecule has 0 atom stereocenters. The third-order valence-electron chi connectivity index (χ3n) is 3.20. The summed E-state index contributed by atoms with van der Waals surface area (Å²) in [6.45, 7) is 21.8. The van der Waals surface area contributed by atoms with Crippen molar-refractivity contribution in [3.05, 3.63) is 75.9 Å². The van der Waals surface area contributed by atoms with Gasteiger partial charge in [0.05, 0.1) is 0 Å². The van der Waals surface area contributed by atoms with Gasteiger partial charge in [0.2, 0.25) is 0 Å². The van der Waals surface area contributed by atoms with E-state index in [2.05, 4.69) is 39.5 Å². The summed E-state index contributed by atoms with van der Waals surface area (Å²) < 4.78 is 0. The molecule has 0 saturated heterocycles. The molecule has 0 aromatic rings. The van der Waals surface area contributed by atoms with Gasteiger partial charge in [0.1, 0.15) is 0 Å². The summed E-state index contributed by atoms with van der Waals surface area (Å²) in [6.07, 6.45) is 26.2. The smallest absolute Gasteiger partial charge is 0.0350 e. The summed E-state index contributed by atoms with van der Waals surface area (Å²) in [5.74, 6) is 0. The zero-order valence-corrected chi connectivity index (χ0v) is 16.2. The minimum absolute atomic E-state index is 1.12. The Bertz CT molecular complexity index is 254. The first kappa shape index (κ1) is 27.3. The predicted octanol–water partition coefficient (Wildman–Crippen LogP) is 8.76. The first-order valence-corrected chi connectivity index (χ1v) is 9.40. The van der Waals surface area contributed by atoms with Gasteiger partial charge in [-0.3, -0.25) is 0 Å². The van der Waals surface area contributed by atoms with Crippen LogP contribution < -0.4 is 0 Å². The van der Waals surface area contributed by atoms with E-state index in [9.17, 15) is 0 Å². The van der Waals surface area contributed by atoms with Crippen LogP contribution >= 0.6 is 0 Å². The minimum Gasteiger partial charge on any atom is -0.103 e. The molecule has 0 heteroatoms. The molecule has 138 valence electrons. The van der Waals surface area contributed by atoms with Gasteiger partial charge >= 0.3 is 0 Å². The van der Waals surface area contributed by atoms with Crippen molar-refractivity contribution in [2.45, 2.75) is 77.0 Å². The van der Waals surface area contributed by atoms with Crippen molar-refractivity contribution in [2.75, 3.05) is 0 Å². The Morgan fingerprint density at radius 3 is 0.750 bits per heavy atom. The van der Waals surface area contributed by atoms with E-state index in [4.69, 9.17) is 0 Å². The largest absolute Gasteiger partial charge is 0.103 e. The lowest BCUT2D eigenvalue weighted by Gasteiger charge is -1.92. The summed E-state index contributed by atoms with van der Waals surface area (Å²) in [6, 6.07) is 0. The molecule has 0 aliphatic carbocycles. The maximum atomic E-state index is 3.66. The minimum atomic E-state index is 1.12. The zero-order chi connectivity index (χ0) is 18.7. The van der Waals surface area contributed by atoms with Crippen molar-refractivity contribution >= 4 is 0 Å². The van der Waals surface area contributed by atoms with Crippen LogP contribution in [0.1, 0.15) is 77.0 Å². The number of allylic oxidation sites excluding steroid dienone is 6. The zero-order valence-electron chi connectivity index (χ0n) is 16.2. The molecule has 0 aromatic carbocycles. The normalized spacial score (nSPS) is 8.50. The summed E-state index contributed by atoms with van der Waals surface area (Å²) in [5, 5.41) is 0. The highest BCUT2D eigenvalue weighted by atomic mass is 13.9. The molecule has 0 unspecified atom stereocenters. The molecule has 0 spiro atoms. The van der Waals surface area contributed by atoms with E-state index in [0.717, 1.165) is 38.5 Å². The van der Waals surface area contributed by atoms with E-state index in [1.807, 2.05) is 36.5 Å². The molecule has 0 aliphatic heterocycles. The highest BCUT2D eigenvalue weighted by molar-refractivity contribution is 4.71. The maximum absolute atomic E-state index is 3.66. The second-order valence-corrected chi connectivity index (χ2v) is 5.59. The topological polar surface area (TPSA) is 0 Å². The molecular weight excluding hydrogens is 288 g/mol. The molecule has 0 aromatic heterocycles. The van der Waals surface area contributed by atoms with Crippen molar-refractivity contribution in [1.29, 1.82) is 0 Å². The fraction of sp³-hybridized carbons (Fsp3) is 0.500. The molecule has 0 aliphatic rings. The first-order valence-electron chi connectivity index (χ1n) is 9.40. The van der Waals surface area contributed by atoms with Crippen molar-refractivity contribution in [3.8, 4) is 0 Å². The van der Waals surface area contributed by atoms with Gasteiger partial charge in [-0.05, 0) is 70.6 Å². The Morgan fingerprint density at radius 1 is 0.292 bits per heavy atom. The van der Waals surface area contributed by atoms with Gasteiger partial charge in [-0.2, -0.15) is 0 Å². The Kier molecular flexibility index (Phi) is 37.7. The average Bonchev–Trinajstić information content (AvgIpc) is 2.60. The predicted molar refractivity (Wildman–Crippen MR) is 117 cm³/mol. The highest BCUT2D eigenvalue weighted by Gasteiger charge is 1.83. The number of unbranched alkanes of at least 4 members (excludes halogenated alkanes) is 9. The van der Waals surface area contributed by atoms with Gasteiger partial charge in [0, 0.05) is 0 Å². The molecule has 24 heavy (non-hydrogen) atoms. The van der Waals surface area contributed by atoms with Gasteiger partial charge < -0.3 is 0 Å². The van der Waals surface area contributed by atoms with Crippen LogP contribution in [0.25, 0.3) is 0 Å². The van der Waals surface area contributed by atoms with E-state index in [1.165, 1.54) is 38.5 Å². The molecule has 0 N–H and O–H groups in total. The monoisotopic (exact) mass is 330 g/mol. The van der Waals surface area contributed by atoms with Crippen molar-refractivity contribution in [1.82, 2.24) is 0 Å². The third-order valence-corrected chi connectivity index (χ3v) is 3.20. The Balaban J connectivity index is -0.000000278. The Hall–Kier alpha value is -1.56. The van der Waals surface area contributed by atoms with Gasteiger partial charge in [-0.15, -0.1) is 39.5 Å². The van der Waals surface area contributed by atoms with Crippen LogP contribution in [-0.4, -0.2) is 0 Å². The van der Waals surface area contributed by atoms with E-state index >= 15 is 0 Å². The molecule has 0 rings (SSSR count). The van der Waals surface area contributed by atoms with Crippen molar-refractivity contribution in [2.24, 2.45) is 0 Å². The van der Waals surface area contributed by atoms with Crippen LogP contribution in [0.2, 0.25) is 0 Å². The van der Waals surface area contributed by atoms with Crippen LogP contribution in [0, 0.1) is 0 Å². The molecule has 0 amide bonds. The summed E-state index contributed by atoms with van der Waals surface area (Å²) in [7, 11) is 0. The van der Waals surface area contributed by atoms with Crippen LogP contribution in [-0.2, 0) is 0 Å². The second kappa shape index (κ2) is 33.1. The van der Waals surface area contributed by atoms with Crippen LogP contribution in [0.3, 0.4) is 0 Å². The fourth-order valence-electron chi connectivity index (χ4n) is 1.74. The van der Waals surface area contributed by atoms with Crippen LogP contribution in [0.5, 0.6) is 0 Å². The van der Waals surface area contributed by atoms with Gasteiger partial charge in [-0.1, -0.05) is 42.9 Å². The molecule has 0 fully saturated rings. The Labute approximate surface area is 153 Å². The lowest BCUT2D eigenvalue weighted by molar-refractivity contribution is 0.697. The van der Waals surface area contributed by atoms with Crippen molar-refractivity contribution in [3.63, 3.8) is 0 Å². The maximum Gasteiger partial charge on any atom is -0.0350 e. The second-order valence-electron chi connectivity index (χ2n) is 5.59. The molecule has 0 bridgehead atoms. The Morgan fingerprint density at radius 2 is 0.500 bits per heavy atom. The summed E-state index contributed by atoms with van der Waals surface area (Å²) in [4.78, 5) is 0. The lowest BCUT2D eigenvalue weighted by Crippen LogP contribution is -1.72. The van der Waals surface area contributed by atoms with Crippen molar-refractivity contribution < 1.29 is 0 Å². The number of rotatable bonds is 15. The molecule has 0 saturated carbocycles. The molecule has 0 heterocycles. The standard InChI is InChI=1S/C9H16.C8H14.C7H12/c1-3-5-7-9-8-6-4-2;1-3-5-7-8-6-4-2;1-3-5-7-6-4-2/h3-4H,1-2,5-9H2;3-4H,1-2,5-8H2;3-4H,1-2,5-7H2. The number of hydrogen-bond donors (Lipinski definition) is 0. The van der Waals surface area contributed by atoms with E-state index < -0.39 is 0 Å². The first-order chi connectivity index (χ1) is 11.7. The highest BCUT2D eigenvalue weighted by Crippen LogP contribution is 2.02.